The largest absolute Gasteiger partial charge is 0.0616 e. The van der Waals surface area contributed by atoms with E-state index in [0.717, 1.165) is 0 Å². The van der Waals surface area contributed by atoms with Crippen LogP contribution in [-0.2, 0) is 5.41 Å². The summed E-state index contributed by atoms with van der Waals surface area (Å²) in [7, 11) is 0. The van der Waals surface area contributed by atoms with Crippen LogP contribution in [0.2, 0.25) is 0 Å². The SMILES string of the molecule is CC1(C)c2ccc(-c3ccc(-c4cccc5c6ccccc6c6ccccc6c45)cc3)cc2-c2c1ccc1ccccc21. The molecule has 0 saturated heterocycles. The van der Waals surface area contributed by atoms with Crippen LogP contribution in [0.4, 0.5) is 0 Å². The lowest BCUT2D eigenvalue weighted by molar-refractivity contribution is 0.661. The molecule has 8 aromatic rings. The molecular formula is C43H30. The maximum absolute atomic E-state index is 2.42. The second-order valence-electron chi connectivity index (χ2n) is 12.5. The van der Waals surface area contributed by atoms with Crippen LogP contribution in [0.25, 0.3) is 76.5 Å². The van der Waals surface area contributed by atoms with Gasteiger partial charge in [-0.3, -0.25) is 0 Å². The molecule has 0 fully saturated rings. The van der Waals surface area contributed by atoms with Crippen molar-refractivity contribution in [3.05, 3.63) is 157 Å². The topological polar surface area (TPSA) is 0 Å². The molecule has 8 aromatic carbocycles. The van der Waals surface area contributed by atoms with Crippen LogP contribution in [0.1, 0.15) is 25.0 Å². The summed E-state index contributed by atoms with van der Waals surface area (Å²) in [4.78, 5) is 0. The van der Waals surface area contributed by atoms with Crippen molar-refractivity contribution in [2.24, 2.45) is 0 Å². The number of rotatable bonds is 2. The van der Waals surface area contributed by atoms with Crippen LogP contribution < -0.4 is 0 Å². The highest BCUT2D eigenvalue weighted by Crippen LogP contribution is 2.52. The average molecular weight is 547 g/mol. The summed E-state index contributed by atoms with van der Waals surface area (Å²) in [6.07, 6.45) is 0. The summed E-state index contributed by atoms with van der Waals surface area (Å²) in [6.45, 7) is 4.72. The van der Waals surface area contributed by atoms with Gasteiger partial charge in [-0.05, 0) is 93.7 Å². The number of hydrogen-bond acceptors (Lipinski definition) is 0. The quantitative estimate of drug-likeness (QED) is 0.189. The molecule has 0 saturated carbocycles. The Bertz CT molecular complexity index is 2360. The van der Waals surface area contributed by atoms with Crippen LogP contribution in [0, 0.1) is 0 Å². The van der Waals surface area contributed by atoms with E-state index in [-0.39, 0.29) is 5.41 Å². The minimum absolute atomic E-state index is 0.0155. The molecule has 0 amide bonds. The van der Waals surface area contributed by atoms with Crippen molar-refractivity contribution in [1.29, 1.82) is 0 Å². The zero-order chi connectivity index (χ0) is 28.7. The maximum Gasteiger partial charge on any atom is 0.0159 e. The van der Waals surface area contributed by atoms with E-state index in [2.05, 4.69) is 159 Å². The van der Waals surface area contributed by atoms with Gasteiger partial charge in [0.15, 0.2) is 0 Å². The summed E-state index contributed by atoms with van der Waals surface area (Å²) in [6, 6.07) is 54.1. The monoisotopic (exact) mass is 546 g/mol. The smallest absolute Gasteiger partial charge is 0.0159 e. The van der Waals surface area contributed by atoms with Gasteiger partial charge < -0.3 is 0 Å². The molecule has 43 heavy (non-hydrogen) atoms. The van der Waals surface area contributed by atoms with Gasteiger partial charge in [-0.15, -0.1) is 0 Å². The molecule has 1 aliphatic carbocycles. The van der Waals surface area contributed by atoms with Crippen molar-refractivity contribution in [2.75, 3.05) is 0 Å². The summed E-state index contributed by atoms with van der Waals surface area (Å²) < 4.78 is 0. The van der Waals surface area contributed by atoms with Crippen LogP contribution in [-0.4, -0.2) is 0 Å². The fourth-order valence-electron chi connectivity index (χ4n) is 7.74. The van der Waals surface area contributed by atoms with Gasteiger partial charge in [-0.25, -0.2) is 0 Å². The van der Waals surface area contributed by atoms with Gasteiger partial charge in [-0.1, -0.05) is 153 Å². The van der Waals surface area contributed by atoms with Crippen molar-refractivity contribution in [3.63, 3.8) is 0 Å². The zero-order valence-corrected chi connectivity index (χ0v) is 24.4. The first-order valence-electron chi connectivity index (χ1n) is 15.2. The summed E-state index contributed by atoms with van der Waals surface area (Å²) in [5.41, 5.74) is 10.6. The van der Waals surface area contributed by atoms with E-state index in [1.165, 1.54) is 87.6 Å². The van der Waals surface area contributed by atoms with Crippen LogP contribution in [0.15, 0.2) is 146 Å². The molecule has 202 valence electrons. The van der Waals surface area contributed by atoms with Crippen molar-refractivity contribution in [2.45, 2.75) is 19.3 Å². The van der Waals surface area contributed by atoms with E-state index in [0.29, 0.717) is 0 Å². The highest BCUT2D eigenvalue weighted by Gasteiger charge is 2.36. The van der Waals surface area contributed by atoms with Crippen molar-refractivity contribution in [1.82, 2.24) is 0 Å². The number of hydrogen-bond donors (Lipinski definition) is 0. The van der Waals surface area contributed by atoms with E-state index in [1.54, 1.807) is 0 Å². The lowest BCUT2D eigenvalue weighted by atomic mass is 9.82. The van der Waals surface area contributed by atoms with E-state index in [9.17, 15) is 0 Å². The summed E-state index contributed by atoms with van der Waals surface area (Å²) in [5.74, 6) is 0. The minimum atomic E-state index is -0.0155. The molecule has 0 N–H and O–H groups in total. The molecule has 0 atom stereocenters. The van der Waals surface area contributed by atoms with E-state index < -0.39 is 0 Å². The Balaban J connectivity index is 1.20. The van der Waals surface area contributed by atoms with Gasteiger partial charge in [0, 0.05) is 5.41 Å². The molecule has 0 nitrogen and oxygen atoms in total. The zero-order valence-electron chi connectivity index (χ0n) is 24.4. The predicted octanol–water partition coefficient (Wildman–Crippen LogP) is 11.9. The summed E-state index contributed by atoms with van der Waals surface area (Å²) >= 11 is 0. The molecule has 0 heterocycles. The third-order valence-corrected chi connectivity index (χ3v) is 9.86. The average Bonchev–Trinajstić information content (AvgIpc) is 3.30. The maximum atomic E-state index is 2.42. The lowest BCUT2D eigenvalue weighted by Crippen LogP contribution is -2.14. The third kappa shape index (κ3) is 3.44. The van der Waals surface area contributed by atoms with Crippen LogP contribution in [0.5, 0.6) is 0 Å². The standard InChI is InChI=1S/C43H30/c1-43(2)39-24-23-30(26-38(39)42-32-11-4-3-10-28(32)22-25-40(42)43)27-18-20-29(21-19-27)31-16-9-17-37-35-13-6-5-12-33(35)34-14-7-8-15-36(34)41(31)37/h3-26H,1-2H3. The molecule has 0 aromatic heterocycles. The molecule has 0 aliphatic heterocycles. The second-order valence-corrected chi connectivity index (χ2v) is 12.5. The predicted molar refractivity (Wildman–Crippen MR) is 185 cm³/mol. The summed E-state index contributed by atoms with van der Waals surface area (Å²) in [5, 5.41) is 10.5. The van der Waals surface area contributed by atoms with Gasteiger partial charge in [0.1, 0.15) is 0 Å². The number of benzene rings is 8. The molecule has 0 unspecified atom stereocenters. The molecule has 0 spiro atoms. The molecule has 0 bridgehead atoms. The lowest BCUT2D eigenvalue weighted by Gasteiger charge is -2.21. The van der Waals surface area contributed by atoms with E-state index >= 15 is 0 Å². The Morgan fingerprint density at radius 2 is 0.907 bits per heavy atom. The first-order valence-corrected chi connectivity index (χ1v) is 15.2. The van der Waals surface area contributed by atoms with Gasteiger partial charge in [0.2, 0.25) is 0 Å². The highest BCUT2D eigenvalue weighted by molar-refractivity contribution is 6.28. The first-order chi connectivity index (χ1) is 21.1. The highest BCUT2D eigenvalue weighted by atomic mass is 14.4. The third-order valence-electron chi connectivity index (χ3n) is 9.86. The Morgan fingerprint density at radius 3 is 1.63 bits per heavy atom. The Morgan fingerprint density at radius 1 is 0.372 bits per heavy atom. The van der Waals surface area contributed by atoms with Gasteiger partial charge in [0.25, 0.3) is 0 Å². The van der Waals surface area contributed by atoms with Crippen molar-refractivity contribution >= 4 is 43.1 Å². The molecule has 0 radical (unpaired) electrons. The van der Waals surface area contributed by atoms with Gasteiger partial charge in [-0.2, -0.15) is 0 Å². The minimum Gasteiger partial charge on any atom is -0.0616 e. The Labute approximate surface area is 251 Å². The van der Waals surface area contributed by atoms with Crippen LogP contribution >= 0.6 is 0 Å². The van der Waals surface area contributed by atoms with Gasteiger partial charge in [0.05, 0.1) is 0 Å². The normalized spacial score (nSPS) is 13.5. The van der Waals surface area contributed by atoms with Gasteiger partial charge >= 0.3 is 0 Å². The van der Waals surface area contributed by atoms with E-state index in [4.69, 9.17) is 0 Å². The fourth-order valence-corrected chi connectivity index (χ4v) is 7.74. The van der Waals surface area contributed by atoms with Crippen molar-refractivity contribution in [3.8, 4) is 33.4 Å². The molecule has 9 rings (SSSR count). The fraction of sp³-hybridized carbons (Fsp3) is 0.0698. The van der Waals surface area contributed by atoms with Crippen molar-refractivity contribution < 1.29 is 0 Å². The Kier molecular flexibility index (Phi) is 5.05. The molecular weight excluding hydrogens is 516 g/mol. The Hall–Kier alpha value is -5.20. The second kappa shape index (κ2) is 8.90. The first kappa shape index (κ1) is 24.4. The van der Waals surface area contributed by atoms with E-state index in [1.807, 2.05) is 0 Å². The molecule has 1 aliphatic rings. The molecule has 0 heteroatoms. The number of fused-ring (bicyclic) bond motifs is 11. The van der Waals surface area contributed by atoms with Crippen LogP contribution in [0.3, 0.4) is 0 Å².